The van der Waals surface area contributed by atoms with Crippen molar-refractivity contribution in [2.45, 2.75) is 13.0 Å². The molecule has 0 unspecified atom stereocenters. The number of nitrogens with one attached hydrogen (secondary N) is 1. The first-order valence-electron chi connectivity index (χ1n) is 5.56. The minimum Gasteiger partial charge on any atom is -0.333 e. The minimum absolute atomic E-state index is 0. The van der Waals surface area contributed by atoms with Crippen LogP contribution in [0.4, 0.5) is 0 Å². The van der Waals surface area contributed by atoms with Gasteiger partial charge in [0.1, 0.15) is 0 Å². The highest BCUT2D eigenvalue weighted by Gasteiger charge is 2.25. The van der Waals surface area contributed by atoms with Crippen LogP contribution in [0, 0.1) is 0 Å². The summed E-state index contributed by atoms with van der Waals surface area (Å²) in [6, 6.07) is 5.50. The van der Waals surface area contributed by atoms with Crippen molar-refractivity contribution in [3.63, 3.8) is 0 Å². The van der Waals surface area contributed by atoms with Crippen LogP contribution in [0.25, 0.3) is 0 Å². The molecule has 0 aliphatic carbocycles. The number of benzene rings is 1. The Morgan fingerprint density at radius 2 is 2.28 bits per heavy atom. The fourth-order valence-corrected chi connectivity index (χ4v) is 2.55. The quantitative estimate of drug-likeness (QED) is 0.841. The second-order valence-corrected chi connectivity index (χ2v) is 5.47. The van der Waals surface area contributed by atoms with Crippen LogP contribution in [-0.4, -0.2) is 36.5 Å². The van der Waals surface area contributed by atoms with E-state index in [4.69, 9.17) is 11.6 Å². The molecule has 0 aromatic heterocycles. The SMILES string of the molecule is C[C@H]1CNCCN1C(=O)c1cc(Cl)ccc1Br.Cl. The summed E-state index contributed by atoms with van der Waals surface area (Å²) < 4.78 is 0.789. The van der Waals surface area contributed by atoms with Gasteiger partial charge in [0.05, 0.1) is 5.56 Å². The molecule has 1 atom stereocenters. The third kappa shape index (κ3) is 3.38. The van der Waals surface area contributed by atoms with Crippen LogP contribution in [0.2, 0.25) is 5.02 Å². The van der Waals surface area contributed by atoms with E-state index in [0.717, 1.165) is 24.1 Å². The molecule has 0 spiro atoms. The summed E-state index contributed by atoms with van der Waals surface area (Å²) in [5.41, 5.74) is 0.631. The molecule has 1 fully saturated rings. The minimum atomic E-state index is 0. The van der Waals surface area contributed by atoms with E-state index < -0.39 is 0 Å². The number of hydrogen-bond donors (Lipinski definition) is 1. The monoisotopic (exact) mass is 352 g/mol. The van der Waals surface area contributed by atoms with Gasteiger partial charge in [0.2, 0.25) is 0 Å². The van der Waals surface area contributed by atoms with Crippen LogP contribution in [0.15, 0.2) is 22.7 Å². The van der Waals surface area contributed by atoms with Crippen molar-refractivity contribution in [2.24, 2.45) is 0 Å². The average molecular weight is 354 g/mol. The second-order valence-electron chi connectivity index (χ2n) is 4.18. The zero-order valence-corrected chi connectivity index (χ0v) is 13.1. The van der Waals surface area contributed by atoms with E-state index in [1.807, 2.05) is 17.9 Å². The van der Waals surface area contributed by atoms with E-state index in [9.17, 15) is 4.79 Å². The number of rotatable bonds is 1. The molecule has 2 rings (SSSR count). The first-order chi connectivity index (χ1) is 8.09. The van der Waals surface area contributed by atoms with Gasteiger partial charge in [-0.3, -0.25) is 4.79 Å². The number of nitrogens with zero attached hydrogens (tertiary/aromatic N) is 1. The molecule has 1 aliphatic rings. The Balaban J connectivity index is 0.00000162. The van der Waals surface area contributed by atoms with Gasteiger partial charge in [-0.05, 0) is 41.1 Å². The lowest BCUT2D eigenvalue weighted by Crippen LogP contribution is -2.52. The highest BCUT2D eigenvalue weighted by atomic mass is 79.9. The Labute approximate surface area is 126 Å². The van der Waals surface area contributed by atoms with Crippen molar-refractivity contribution in [3.05, 3.63) is 33.3 Å². The Kier molecular flexibility index (Phi) is 5.92. The molecule has 0 bridgehead atoms. The van der Waals surface area contributed by atoms with Gasteiger partial charge in [0, 0.05) is 35.2 Å². The van der Waals surface area contributed by atoms with Crippen LogP contribution in [0.1, 0.15) is 17.3 Å². The molecule has 1 aromatic carbocycles. The maximum absolute atomic E-state index is 12.4. The lowest BCUT2D eigenvalue weighted by atomic mass is 10.1. The van der Waals surface area contributed by atoms with Crippen molar-refractivity contribution in [3.8, 4) is 0 Å². The van der Waals surface area contributed by atoms with Crippen molar-refractivity contribution >= 4 is 45.8 Å². The van der Waals surface area contributed by atoms with E-state index in [2.05, 4.69) is 21.2 Å². The van der Waals surface area contributed by atoms with Gasteiger partial charge in [-0.2, -0.15) is 0 Å². The molecule has 3 nitrogen and oxygen atoms in total. The standard InChI is InChI=1S/C12H14BrClN2O.ClH/c1-8-7-15-4-5-16(8)12(17)10-6-9(14)2-3-11(10)13;/h2-3,6,8,15H,4-5,7H2,1H3;1H/t8-;/m0./s1. The molecular formula is C12H15BrCl2N2O. The number of amides is 1. The maximum Gasteiger partial charge on any atom is 0.255 e. The van der Waals surface area contributed by atoms with Crippen LogP contribution >= 0.6 is 39.9 Å². The van der Waals surface area contributed by atoms with Crippen molar-refractivity contribution in [1.82, 2.24) is 10.2 Å². The molecule has 1 N–H and O–H groups in total. The first kappa shape index (κ1) is 15.8. The molecule has 0 radical (unpaired) electrons. The highest BCUT2D eigenvalue weighted by Crippen LogP contribution is 2.23. The molecule has 1 aromatic rings. The molecule has 100 valence electrons. The Hall–Kier alpha value is -0.290. The number of halogens is 3. The molecule has 1 saturated heterocycles. The Bertz CT molecular complexity index is 442. The summed E-state index contributed by atoms with van der Waals surface area (Å²) in [4.78, 5) is 14.3. The largest absolute Gasteiger partial charge is 0.333 e. The van der Waals surface area contributed by atoms with Crippen LogP contribution in [-0.2, 0) is 0 Å². The van der Waals surface area contributed by atoms with Crippen LogP contribution in [0.5, 0.6) is 0 Å². The van der Waals surface area contributed by atoms with Gasteiger partial charge in [-0.15, -0.1) is 12.4 Å². The van der Waals surface area contributed by atoms with Crippen molar-refractivity contribution in [2.75, 3.05) is 19.6 Å². The lowest BCUT2D eigenvalue weighted by Gasteiger charge is -2.34. The molecule has 1 amide bonds. The normalized spacial score (nSPS) is 19.3. The van der Waals surface area contributed by atoms with Crippen molar-refractivity contribution < 1.29 is 4.79 Å². The molecular weight excluding hydrogens is 339 g/mol. The summed E-state index contributed by atoms with van der Waals surface area (Å²) in [5.74, 6) is 0.0355. The maximum atomic E-state index is 12.4. The van der Waals surface area contributed by atoms with Crippen molar-refractivity contribution in [1.29, 1.82) is 0 Å². The van der Waals surface area contributed by atoms with E-state index in [1.165, 1.54) is 0 Å². The van der Waals surface area contributed by atoms with Gasteiger partial charge in [-0.1, -0.05) is 11.6 Å². The molecule has 18 heavy (non-hydrogen) atoms. The van der Waals surface area contributed by atoms with E-state index in [-0.39, 0.29) is 24.4 Å². The van der Waals surface area contributed by atoms with Gasteiger partial charge < -0.3 is 10.2 Å². The summed E-state index contributed by atoms with van der Waals surface area (Å²) in [7, 11) is 0. The molecule has 1 heterocycles. The predicted octanol–water partition coefficient (Wildman–Crippen LogP) is 2.96. The summed E-state index contributed by atoms with van der Waals surface area (Å²) >= 11 is 9.33. The van der Waals surface area contributed by atoms with Gasteiger partial charge in [0.25, 0.3) is 5.91 Å². The zero-order valence-electron chi connectivity index (χ0n) is 9.95. The number of carbonyl (C=O) groups excluding carboxylic acids is 1. The highest BCUT2D eigenvalue weighted by molar-refractivity contribution is 9.10. The fraction of sp³-hybridized carbons (Fsp3) is 0.417. The Morgan fingerprint density at radius 3 is 2.94 bits per heavy atom. The summed E-state index contributed by atoms with van der Waals surface area (Å²) in [5, 5.41) is 3.85. The fourth-order valence-electron chi connectivity index (χ4n) is 1.96. The average Bonchev–Trinajstić information content (AvgIpc) is 2.32. The van der Waals surface area contributed by atoms with Gasteiger partial charge in [0.15, 0.2) is 0 Å². The third-order valence-electron chi connectivity index (χ3n) is 2.92. The van der Waals surface area contributed by atoms with E-state index in [0.29, 0.717) is 10.6 Å². The number of hydrogen-bond acceptors (Lipinski definition) is 2. The number of piperazine rings is 1. The first-order valence-corrected chi connectivity index (χ1v) is 6.73. The molecule has 1 aliphatic heterocycles. The van der Waals surface area contributed by atoms with Crippen LogP contribution in [0.3, 0.4) is 0 Å². The van der Waals surface area contributed by atoms with E-state index in [1.54, 1.807) is 12.1 Å². The molecule has 6 heteroatoms. The zero-order chi connectivity index (χ0) is 12.4. The number of carbonyl (C=O) groups is 1. The summed E-state index contributed by atoms with van der Waals surface area (Å²) in [6.45, 7) is 4.46. The second kappa shape index (κ2) is 6.75. The third-order valence-corrected chi connectivity index (χ3v) is 3.85. The smallest absolute Gasteiger partial charge is 0.255 e. The summed E-state index contributed by atoms with van der Waals surface area (Å²) in [6.07, 6.45) is 0. The van der Waals surface area contributed by atoms with Gasteiger partial charge >= 0.3 is 0 Å². The van der Waals surface area contributed by atoms with Gasteiger partial charge in [-0.25, -0.2) is 0 Å². The van der Waals surface area contributed by atoms with Crippen LogP contribution < -0.4 is 5.32 Å². The predicted molar refractivity (Wildman–Crippen MR) is 79.8 cm³/mol. The topological polar surface area (TPSA) is 32.3 Å². The molecule has 0 saturated carbocycles. The van der Waals surface area contributed by atoms with E-state index >= 15 is 0 Å². The Morgan fingerprint density at radius 1 is 1.56 bits per heavy atom. The lowest BCUT2D eigenvalue weighted by molar-refractivity contribution is 0.0655.